The molecule has 1 atom stereocenters. The first kappa shape index (κ1) is 27.8. The summed E-state index contributed by atoms with van der Waals surface area (Å²) in [6.07, 6.45) is 2.93. The second kappa shape index (κ2) is 12.1. The first-order chi connectivity index (χ1) is 18.6. The van der Waals surface area contributed by atoms with E-state index in [4.69, 9.17) is 5.73 Å². The van der Waals surface area contributed by atoms with Gasteiger partial charge in [-0.15, -0.1) is 0 Å². The molecule has 1 aromatic heterocycles. The zero-order valence-corrected chi connectivity index (χ0v) is 22.7. The van der Waals surface area contributed by atoms with Gasteiger partial charge in [-0.2, -0.15) is 0 Å². The van der Waals surface area contributed by atoms with E-state index < -0.39 is 11.6 Å². The lowest BCUT2D eigenvalue weighted by Gasteiger charge is -2.26. The minimum absolute atomic E-state index is 0.129. The fourth-order valence-electron chi connectivity index (χ4n) is 4.72. The number of carbonyl (C=O) groups is 3. The Hall–Kier alpha value is -4.24. The van der Waals surface area contributed by atoms with Gasteiger partial charge in [-0.25, -0.2) is 9.78 Å². The molecule has 0 radical (unpaired) electrons. The van der Waals surface area contributed by atoms with Gasteiger partial charge in [-0.3, -0.25) is 14.5 Å². The van der Waals surface area contributed by atoms with Gasteiger partial charge in [0.15, 0.2) is 0 Å². The zero-order valence-electron chi connectivity index (χ0n) is 22.7. The van der Waals surface area contributed by atoms with Crippen LogP contribution in [-0.2, 0) is 29.1 Å². The minimum atomic E-state index is -0.666. The average molecular weight is 529 g/mol. The van der Waals surface area contributed by atoms with Gasteiger partial charge >= 0.3 is 6.03 Å². The molecule has 1 aliphatic heterocycles. The van der Waals surface area contributed by atoms with Crippen LogP contribution in [0.2, 0.25) is 0 Å². The summed E-state index contributed by atoms with van der Waals surface area (Å²) >= 11 is 0. The van der Waals surface area contributed by atoms with E-state index in [-0.39, 0.29) is 24.3 Å². The molecule has 0 fully saturated rings. The molecule has 39 heavy (non-hydrogen) atoms. The molecular formula is C30H36N6O3. The summed E-state index contributed by atoms with van der Waals surface area (Å²) in [7, 11) is 1.58. The molecule has 2 heterocycles. The van der Waals surface area contributed by atoms with Crippen molar-refractivity contribution >= 4 is 23.7 Å². The van der Waals surface area contributed by atoms with Crippen LogP contribution in [-0.4, -0.2) is 41.5 Å². The number of hydrogen-bond acceptors (Lipinski definition) is 5. The van der Waals surface area contributed by atoms with Crippen LogP contribution in [0.3, 0.4) is 0 Å². The Labute approximate surface area is 229 Å². The molecule has 0 saturated heterocycles. The van der Waals surface area contributed by atoms with Crippen molar-refractivity contribution in [3.05, 3.63) is 83.6 Å². The number of benzene rings is 2. The number of aryl methyl sites for hydroxylation is 1. The number of pyridine rings is 1. The van der Waals surface area contributed by atoms with Crippen molar-refractivity contribution in [2.75, 3.05) is 11.9 Å². The van der Waals surface area contributed by atoms with Crippen LogP contribution in [0, 0.1) is 0 Å². The Bertz CT molecular complexity index is 1330. The standard InChI is InChI=1S/C30H36N6O3/c1-30(2,31)17-26(37)35-25-15-14-22-8-6-16-33-27(22)36(28(25)38)19-20-10-12-21(13-11-20)24-9-5-4-7-23(24)18-34-29(39)32-3/h4-13,16,25H,14-15,17-19,31H2,1-3H3,(H,35,37)(H2,32,34,39)/t25-/m1/s1. The van der Waals surface area contributed by atoms with Gasteiger partial charge in [0, 0.05) is 31.7 Å². The largest absolute Gasteiger partial charge is 0.344 e. The SMILES string of the molecule is CNC(=O)NCc1ccccc1-c1ccc(CN2C(=O)[C@H](NC(=O)CC(C)(C)N)CCc3cccnc32)cc1. The normalized spacial score (nSPS) is 15.2. The molecule has 0 unspecified atom stereocenters. The van der Waals surface area contributed by atoms with Crippen LogP contribution in [0.4, 0.5) is 10.6 Å². The number of carbonyl (C=O) groups excluding carboxylic acids is 3. The summed E-state index contributed by atoms with van der Waals surface area (Å²) in [6.45, 7) is 4.29. The van der Waals surface area contributed by atoms with Crippen molar-refractivity contribution < 1.29 is 14.4 Å². The lowest BCUT2D eigenvalue weighted by molar-refractivity contribution is -0.128. The third-order valence-corrected chi connectivity index (χ3v) is 6.63. The highest BCUT2D eigenvalue weighted by Crippen LogP contribution is 2.28. The van der Waals surface area contributed by atoms with Gasteiger partial charge in [0.25, 0.3) is 5.91 Å². The van der Waals surface area contributed by atoms with Gasteiger partial charge in [-0.05, 0) is 60.6 Å². The smallest absolute Gasteiger partial charge is 0.314 e. The van der Waals surface area contributed by atoms with Crippen LogP contribution < -0.4 is 26.6 Å². The monoisotopic (exact) mass is 528 g/mol. The van der Waals surface area contributed by atoms with Gasteiger partial charge in [-0.1, -0.05) is 54.6 Å². The quantitative estimate of drug-likeness (QED) is 0.357. The number of anilines is 1. The summed E-state index contributed by atoms with van der Waals surface area (Å²) in [5, 5.41) is 8.30. The first-order valence-corrected chi connectivity index (χ1v) is 13.1. The molecule has 5 N–H and O–H groups in total. The molecule has 0 spiro atoms. The summed E-state index contributed by atoms with van der Waals surface area (Å²) in [5.74, 6) is 0.187. The van der Waals surface area contributed by atoms with Crippen molar-refractivity contribution in [3.63, 3.8) is 0 Å². The van der Waals surface area contributed by atoms with Crippen LogP contribution in [0.5, 0.6) is 0 Å². The number of nitrogens with one attached hydrogen (secondary N) is 3. The number of nitrogens with two attached hydrogens (primary N) is 1. The summed E-state index contributed by atoms with van der Waals surface area (Å²) in [6, 6.07) is 18.9. The third kappa shape index (κ3) is 7.20. The van der Waals surface area contributed by atoms with Crippen LogP contribution in [0.25, 0.3) is 11.1 Å². The highest BCUT2D eigenvalue weighted by atomic mass is 16.2. The Balaban J connectivity index is 1.55. The third-order valence-electron chi connectivity index (χ3n) is 6.63. The molecule has 1 aliphatic rings. The molecule has 0 bridgehead atoms. The van der Waals surface area contributed by atoms with Crippen molar-refractivity contribution in [1.82, 2.24) is 20.9 Å². The van der Waals surface area contributed by atoms with Crippen molar-refractivity contribution in [1.29, 1.82) is 0 Å². The van der Waals surface area contributed by atoms with Crippen LogP contribution in [0.15, 0.2) is 66.9 Å². The summed E-state index contributed by atoms with van der Waals surface area (Å²) in [5.41, 5.74) is 10.3. The topological polar surface area (TPSA) is 129 Å². The van der Waals surface area contributed by atoms with E-state index in [1.807, 2.05) is 60.7 Å². The van der Waals surface area contributed by atoms with Crippen LogP contribution in [0.1, 0.15) is 43.4 Å². The van der Waals surface area contributed by atoms with Gasteiger partial charge < -0.3 is 21.7 Å². The van der Waals surface area contributed by atoms with E-state index in [0.717, 1.165) is 27.8 Å². The van der Waals surface area contributed by atoms with Crippen LogP contribution >= 0.6 is 0 Å². The lowest BCUT2D eigenvalue weighted by Crippen LogP contribution is -2.50. The number of amides is 4. The van der Waals surface area contributed by atoms with Gasteiger partial charge in [0.05, 0.1) is 6.54 Å². The van der Waals surface area contributed by atoms with Crippen molar-refractivity contribution in [3.8, 4) is 11.1 Å². The number of hydrogen-bond donors (Lipinski definition) is 4. The molecule has 2 aromatic carbocycles. The number of nitrogens with zero attached hydrogens (tertiary/aromatic N) is 2. The lowest BCUT2D eigenvalue weighted by atomic mass is 9.98. The number of urea groups is 1. The maximum Gasteiger partial charge on any atom is 0.314 e. The maximum atomic E-state index is 13.7. The highest BCUT2D eigenvalue weighted by Gasteiger charge is 2.33. The number of rotatable bonds is 8. The Morgan fingerprint density at radius 3 is 2.54 bits per heavy atom. The molecule has 9 heteroatoms. The molecular weight excluding hydrogens is 492 g/mol. The predicted octanol–water partition coefficient (Wildman–Crippen LogP) is 3.27. The minimum Gasteiger partial charge on any atom is -0.344 e. The predicted molar refractivity (Wildman–Crippen MR) is 152 cm³/mol. The molecule has 4 amide bonds. The molecule has 4 rings (SSSR count). The van der Waals surface area contributed by atoms with E-state index in [2.05, 4.69) is 20.9 Å². The molecule has 3 aromatic rings. The van der Waals surface area contributed by atoms with Crippen molar-refractivity contribution in [2.24, 2.45) is 5.73 Å². The highest BCUT2D eigenvalue weighted by molar-refractivity contribution is 5.99. The van der Waals surface area contributed by atoms with Crippen molar-refractivity contribution in [2.45, 2.75) is 57.8 Å². The fraction of sp³-hybridized carbons (Fsp3) is 0.333. The fourth-order valence-corrected chi connectivity index (χ4v) is 4.72. The molecule has 0 aliphatic carbocycles. The van der Waals surface area contributed by atoms with Gasteiger partial charge in [0.2, 0.25) is 5.91 Å². The molecule has 9 nitrogen and oxygen atoms in total. The van der Waals surface area contributed by atoms with E-state index in [9.17, 15) is 14.4 Å². The Kier molecular flexibility index (Phi) is 8.61. The summed E-state index contributed by atoms with van der Waals surface area (Å²) < 4.78 is 0. The van der Waals surface area contributed by atoms with Gasteiger partial charge in [0.1, 0.15) is 11.9 Å². The molecule has 0 saturated carbocycles. The Morgan fingerprint density at radius 2 is 1.82 bits per heavy atom. The van der Waals surface area contributed by atoms with E-state index in [1.54, 1.807) is 32.0 Å². The first-order valence-electron chi connectivity index (χ1n) is 13.1. The Morgan fingerprint density at radius 1 is 1.08 bits per heavy atom. The number of aromatic nitrogens is 1. The van der Waals surface area contributed by atoms with E-state index >= 15 is 0 Å². The maximum absolute atomic E-state index is 13.7. The molecule has 204 valence electrons. The second-order valence-corrected chi connectivity index (χ2v) is 10.5. The average Bonchev–Trinajstić information content (AvgIpc) is 3.03. The van der Waals surface area contributed by atoms with E-state index in [1.165, 1.54) is 0 Å². The van der Waals surface area contributed by atoms with E-state index in [0.29, 0.717) is 31.7 Å². The summed E-state index contributed by atoms with van der Waals surface area (Å²) in [4.78, 5) is 44.2. The zero-order chi connectivity index (χ0) is 28.0. The second-order valence-electron chi connectivity index (χ2n) is 10.5. The number of fused-ring (bicyclic) bond motifs is 1.